The molecule has 0 unspecified atom stereocenters. The molecule has 0 aliphatic carbocycles. The summed E-state index contributed by atoms with van der Waals surface area (Å²) in [7, 11) is -4.22. The second-order valence-corrected chi connectivity index (χ2v) is 12.3. The van der Waals surface area contributed by atoms with Crippen molar-refractivity contribution < 1.29 is 18.0 Å². The van der Waals surface area contributed by atoms with Crippen LogP contribution >= 0.6 is 34.8 Å². The molecule has 0 spiro atoms. The van der Waals surface area contributed by atoms with Gasteiger partial charge in [-0.05, 0) is 56.2 Å². The first-order valence-electron chi connectivity index (χ1n) is 12.9. The molecule has 0 heterocycles. The van der Waals surface area contributed by atoms with Gasteiger partial charge in [-0.25, -0.2) is 8.42 Å². The Morgan fingerprint density at radius 1 is 0.825 bits per heavy atom. The summed E-state index contributed by atoms with van der Waals surface area (Å²) in [5.74, 6) is -0.981. The lowest BCUT2D eigenvalue weighted by Gasteiger charge is -2.34. The van der Waals surface area contributed by atoms with Crippen LogP contribution < -0.4 is 9.62 Å². The fraction of sp³-hybridized carbons (Fsp3) is 0.310. The number of amides is 2. The number of rotatable bonds is 12. The Hall–Kier alpha value is -2.78. The third-order valence-electron chi connectivity index (χ3n) is 6.51. The number of anilines is 1. The van der Waals surface area contributed by atoms with Gasteiger partial charge < -0.3 is 10.2 Å². The van der Waals surface area contributed by atoms with E-state index in [1.165, 1.54) is 23.1 Å². The van der Waals surface area contributed by atoms with Crippen LogP contribution in [-0.4, -0.2) is 43.8 Å². The minimum absolute atomic E-state index is 0.00928. The monoisotopic (exact) mass is 623 g/mol. The van der Waals surface area contributed by atoms with Crippen LogP contribution in [0.15, 0.2) is 77.7 Å². The zero-order chi connectivity index (χ0) is 29.4. The molecule has 3 aromatic rings. The van der Waals surface area contributed by atoms with Crippen LogP contribution in [-0.2, 0) is 26.2 Å². The Labute approximate surface area is 251 Å². The van der Waals surface area contributed by atoms with Crippen LogP contribution in [0.25, 0.3) is 0 Å². The third-order valence-corrected chi connectivity index (χ3v) is 9.31. The van der Waals surface area contributed by atoms with Gasteiger partial charge in [0.25, 0.3) is 10.0 Å². The number of hydrogen-bond donors (Lipinski definition) is 1. The van der Waals surface area contributed by atoms with Crippen molar-refractivity contribution in [2.24, 2.45) is 0 Å². The van der Waals surface area contributed by atoms with Gasteiger partial charge in [0.15, 0.2) is 0 Å². The number of benzene rings is 3. The van der Waals surface area contributed by atoms with Gasteiger partial charge in [-0.1, -0.05) is 85.0 Å². The van der Waals surface area contributed by atoms with E-state index in [9.17, 15) is 18.0 Å². The van der Waals surface area contributed by atoms with Crippen molar-refractivity contribution >= 4 is 62.3 Å². The molecule has 0 aliphatic rings. The van der Waals surface area contributed by atoms with Gasteiger partial charge in [0.1, 0.15) is 12.6 Å². The van der Waals surface area contributed by atoms with Crippen molar-refractivity contribution in [3.63, 3.8) is 0 Å². The summed E-state index contributed by atoms with van der Waals surface area (Å²) in [4.78, 5) is 28.8. The van der Waals surface area contributed by atoms with E-state index < -0.39 is 28.5 Å². The van der Waals surface area contributed by atoms with Crippen LogP contribution in [0.2, 0.25) is 15.1 Å². The molecule has 3 aromatic carbocycles. The Balaban J connectivity index is 2.10. The maximum absolute atomic E-state index is 14.1. The standard InChI is InChI=1S/C29H32Cl3N3O4S/c1-4-20(3)33-29(37)26(5-2)34(18-22-23(30)15-11-16-24(22)31)28(36)19-35(27-17-10-9-14-25(27)32)40(38,39)21-12-7-6-8-13-21/h6-17,20,26H,4-5,18-19H2,1-3H3,(H,33,37)/t20-,26-/m0/s1. The van der Waals surface area contributed by atoms with Crippen LogP contribution in [0.3, 0.4) is 0 Å². The zero-order valence-corrected chi connectivity index (χ0v) is 25.6. The summed E-state index contributed by atoms with van der Waals surface area (Å²) >= 11 is 19.3. The van der Waals surface area contributed by atoms with Gasteiger partial charge in [0.2, 0.25) is 11.8 Å². The van der Waals surface area contributed by atoms with E-state index in [1.807, 2.05) is 13.8 Å². The number of nitrogens with zero attached hydrogens (tertiary/aromatic N) is 2. The average molecular weight is 625 g/mol. The minimum atomic E-state index is -4.22. The molecule has 11 heteroatoms. The van der Waals surface area contributed by atoms with Crippen LogP contribution in [0.4, 0.5) is 5.69 Å². The maximum Gasteiger partial charge on any atom is 0.264 e. The number of nitrogens with one attached hydrogen (secondary N) is 1. The average Bonchev–Trinajstić information content (AvgIpc) is 2.93. The lowest BCUT2D eigenvalue weighted by Crippen LogP contribution is -2.53. The third kappa shape index (κ3) is 7.49. The van der Waals surface area contributed by atoms with Crippen molar-refractivity contribution in [2.45, 2.75) is 57.1 Å². The summed E-state index contributed by atoms with van der Waals surface area (Å²) < 4.78 is 28.7. The van der Waals surface area contributed by atoms with E-state index in [0.29, 0.717) is 22.0 Å². The first-order chi connectivity index (χ1) is 19.0. The number of sulfonamides is 1. The highest BCUT2D eigenvalue weighted by atomic mass is 35.5. The molecule has 0 saturated heterocycles. The molecule has 0 aliphatic heterocycles. The molecule has 7 nitrogen and oxygen atoms in total. The molecule has 0 aromatic heterocycles. The molecule has 3 rings (SSSR count). The molecule has 1 N–H and O–H groups in total. The lowest BCUT2D eigenvalue weighted by atomic mass is 10.1. The number of para-hydroxylation sites is 1. The molecular weight excluding hydrogens is 593 g/mol. The highest BCUT2D eigenvalue weighted by Gasteiger charge is 2.35. The van der Waals surface area contributed by atoms with Crippen molar-refractivity contribution in [1.29, 1.82) is 0 Å². The Kier molecular flexibility index (Phi) is 11.3. The van der Waals surface area contributed by atoms with E-state index in [1.54, 1.807) is 61.5 Å². The topological polar surface area (TPSA) is 86.8 Å². The van der Waals surface area contributed by atoms with Crippen molar-refractivity contribution in [3.8, 4) is 0 Å². The van der Waals surface area contributed by atoms with Crippen molar-refractivity contribution in [2.75, 3.05) is 10.8 Å². The zero-order valence-electron chi connectivity index (χ0n) is 22.5. The molecule has 2 amide bonds. The first kappa shape index (κ1) is 31.7. The van der Waals surface area contributed by atoms with Gasteiger partial charge in [0, 0.05) is 28.2 Å². The second-order valence-electron chi connectivity index (χ2n) is 9.24. The number of carbonyl (C=O) groups excluding carboxylic acids is 2. The summed E-state index contributed by atoms with van der Waals surface area (Å²) in [5, 5.41) is 3.72. The number of hydrogen-bond acceptors (Lipinski definition) is 4. The summed E-state index contributed by atoms with van der Waals surface area (Å²) in [6, 6.07) is 18.1. The fourth-order valence-corrected chi connectivity index (χ4v) is 6.36. The molecule has 0 radical (unpaired) electrons. The van der Waals surface area contributed by atoms with Crippen molar-refractivity contribution in [3.05, 3.63) is 93.4 Å². The molecule has 214 valence electrons. The van der Waals surface area contributed by atoms with E-state index in [4.69, 9.17) is 34.8 Å². The summed E-state index contributed by atoms with van der Waals surface area (Å²) in [5.41, 5.74) is 0.582. The highest BCUT2D eigenvalue weighted by Crippen LogP contribution is 2.32. The quantitative estimate of drug-likeness (QED) is 0.247. The molecule has 0 fully saturated rings. The van der Waals surface area contributed by atoms with E-state index in [2.05, 4.69) is 5.32 Å². The molecule has 0 bridgehead atoms. The van der Waals surface area contributed by atoms with E-state index in [-0.39, 0.29) is 40.5 Å². The van der Waals surface area contributed by atoms with Gasteiger partial charge >= 0.3 is 0 Å². The molecule has 0 saturated carbocycles. The molecule has 40 heavy (non-hydrogen) atoms. The largest absolute Gasteiger partial charge is 0.352 e. The Morgan fingerprint density at radius 3 is 1.98 bits per heavy atom. The number of carbonyl (C=O) groups is 2. The summed E-state index contributed by atoms with van der Waals surface area (Å²) in [6.07, 6.45) is 0.968. The fourth-order valence-electron chi connectivity index (χ4n) is 4.10. The molecular formula is C29H32Cl3N3O4S. The van der Waals surface area contributed by atoms with Gasteiger partial charge in [-0.3, -0.25) is 13.9 Å². The van der Waals surface area contributed by atoms with Gasteiger partial charge in [-0.2, -0.15) is 0 Å². The first-order valence-corrected chi connectivity index (χ1v) is 15.4. The molecule has 2 atom stereocenters. The second kappa shape index (κ2) is 14.2. The van der Waals surface area contributed by atoms with Crippen LogP contribution in [0, 0.1) is 0 Å². The Morgan fingerprint density at radius 2 is 1.40 bits per heavy atom. The van der Waals surface area contributed by atoms with E-state index >= 15 is 0 Å². The number of halogens is 3. The smallest absolute Gasteiger partial charge is 0.264 e. The maximum atomic E-state index is 14.1. The highest BCUT2D eigenvalue weighted by molar-refractivity contribution is 7.92. The van der Waals surface area contributed by atoms with E-state index in [0.717, 1.165) is 4.31 Å². The van der Waals surface area contributed by atoms with Crippen LogP contribution in [0.1, 0.15) is 39.2 Å². The SMILES string of the molecule is CC[C@H](C)NC(=O)[C@H](CC)N(Cc1c(Cl)cccc1Cl)C(=O)CN(c1ccccc1Cl)S(=O)(=O)c1ccccc1. The predicted molar refractivity (Wildman–Crippen MR) is 161 cm³/mol. The van der Waals surface area contributed by atoms with Crippen molar-refractivity contribution in [1.82, 2.24) is 10.2 Å². The summed E-state index contributed by atoms with van der Waals surface area (Å²) in [6.45, 7) is 4.87. The normalized spacial score (nSPS) is 12.8. The minimum Gasteiger partial charge on any atom is -0.352 e. The van der Waals surface area contributed by atoms with Gasteiger partial charge in [-0.15, -0.1) is 0 Å². The lowest BCUT2D eigenvalue weighted by molar-refractivity contribution is -0.140. The van der Waals surface area contributed by atoms with Crippen LogP contribution in [0.5, 0.6) is 0 Å². The predicted octanol–water partition coefficient (Wildman–Crippen LogP) is 6.56. The Bertz CT molecular complexity index is 1420. The van der Waals surface area contributed by atoms with Gasteiger partial charge in [0.05, 0.1) is 15.6 Å².